The Balaban J connectivity index is 2.02. The van der Waals surface area contributed by atoms with Crippen LogP contribution in [0.5, 0.6) is 0 Å². The number of hydrogen-bond donors (Lipinski definition) is 0. The molecule has 0 aliphatic carbocycles. The fourth-order valence-electron chi connectivity index (χ4n) is 2.80. The first-order valence-corrected chi connectivity index (χ1v) is 5.97. The molecule has 2 heterocycles. The highest BCUT2D eigenvalue weighted by molar-refractivity contribution is 5.17. The van der Waals surface area contributed by atoms with Crippen LogP contribution < -0.4 is 0 Å². The molecule has 0 saturated carbocycles. The molecule has 15 heavy (non-hydrogen) atoms. The Morgan fingerprint density at radius 2 is 2.20 bits per heavy atom. The molecule has 2 heteroatoms. The number of nitrogens with zero attached hydrogens (tertiary/aromatic N) is 1. The van der Waals surface area contributed by atoms with Gasteiger partial charge in [-0.05, 0) is 46.6 Å². The minimum atomic E-state index is -0.0209. The Labute approximate surface area is 93.3 Å². The summed E-state index contributed by atoms with van der Waals surface area (Å²) in [5.74, 6) is 0. The van der Waals surface area contributed by atoms with Crippen molar-refractivity contribution in [2.45, 2.75) is 51.2 Å². The number of rotatable bonds is 2. The molecule has 2 saturated heterocycles. The zero-order chi connectivity index (χ0) is 11.1. The van der Waals surface area contributed by atoms with E-state index in [1.807, 2.05) is 0 Å². The van der Waals surface area contributed by atoms with Gasteiger partial charge in [0.1, 0.15) is 0 Å². The van der Waals surface area contributed by atoms with E-state index >= 15 is 0 Å². The maximum atomic E-state index is 5.98. The molecule has 2 aliphatic heterocycles. The predicted octanol–water partition coefficient (Wildman–Crippen LogP) is 2.60. The molecule has 0 bridgehead atoms. The SMILES string of the molecule is C=C1CN2CCCC2(COC(C)(C)C)C1. The highest BCUT2D eigenvalue weighted by atomic mass is 16.5. The van der Waals surface area contributed by atoms with Crippen LogP contribution >= 0.6 is 0 Å². The van der Waals surface area contributed by atoms with Gasteiger partial charge in [0, 0.05) is 12.1 Å². The van der Waals surface area contributed by atoms with E-state index in [1.54, 1.807) is 0 Å². The molecule has 0 N–H and O–H groups in total. The lowest BCUT2D eigenvalue weighted by atomic mass is 9.93. The van der Waals surface area contributed by atoms with E-state index in [1.165, 1.54) is 25.0 Å². The first kappa shape index (κ1) is 11.2. The lowest BCUT2D eigenvalue weighted by molar-refractivity contribution is -0.0520. The van der Waals surface area contributed by atoms with Crippen molar-refractivity contribution in [3.8, 4) is 0 Å². The average molecular weight is 209 g/mol. The first-order valence-electron chi connectivity index (χ1n) is 5.97. The lowest BCUT2D eigenvalue weighted by Gasteiger charge is -2.34. The highest BCUT2D eigenvalue weighted by Crippen LogP contribution is 2.41. The molecular weight excluding hydrogens is 186 g/mol. The molecule has 2 aliphatic rings. The van der Waals surface area contributed by atoms with Crippen molar-refractivity contribution in [2.24, 2.45) is 0 Å². The Kier molecular flexibility index (Phi) is 2.68. The van der Waals surface area contributed by atoms with Gasteiger partial charge in [0.05, 0.1) is 12.2 Å². The van der Waals surface area contributed by atoms with E-state index in [9.17, 15) is 0 Å². The van der Waals surface area contributed by atoms with Crippen molar-refractivity contribution in [3.63, 3.8) is 0 Å². The standard InChI is InChI=1S/C13H23NO/c1-11-8-13(10-15-12(2,3)4)6-5-7-14(13)9-11/h1,5-10H2,2-4H3. The molecule has 2 nitrogen and oxygen atoms in total. The summed E-state index contributed by atoms with van der Waals surface area (Å²) in [6.45, 7) is 13.7. The Hall–Kier alpha value is -0.340. The number of hydrogen-bond acceptors (Lipinski definition) is 2. The predicted molar refractivity (Wildman–Crippen MR) is 63.0 cm³/mol. The van der Waals surface area contributed by atoms with Gasteiger partial charge in [0.2, 0.25) is 0 Å². The molecule has 0 amide bonds. The van der Waals surface area contributed by atoms with Crippen LogP contribution in [0.25, 0.3) is 0 Å². The molecule has 1 atom stereocenters. The van der Waals surface area contributed by atoms with Gasteiger partial charge in [-0.3, -0.25) is 4.90 Å². The zero-order valence-corrected chi connectivity index (χ0v) is 10.3. The van der Waals surface area contributed by atoms with Gasteiger partial charge in [-0.15, -0.1) is 0 Å². The monoisotopic (exact) mass is 209 g/mol. The van der Waals surface area contributed by atoms with Crippen LogP contribution in [0.1, 0.15) is 40.0 Å². The summed E-state index contributed by atoms with van der Waals surface area (Å²) in [4.78, 5) is 2.57. The second-order valence-electron chi connectivity index (χ2n) is 6.08. The zero-order valence-electron chi connectivity index (χ0n) is 10.3. The van der Waals surface area contributed by atoms with Crippen LogP contribution in [0.3, 0.4) is 0 Å². The average Bonchev–Trinajstić information content (AvgIpc) is 2.55. The largest absolute Gasteiger partial charge is 0.374 e. The van der Waals surface area contributed by atoms with Crippen LogP contribution in [0, 0.1) is 0 Å². The summed E-state index contributed by atoms with van der Waals surface area (Å²) in [6, 6.07) is 0. The van der Waals surface area contributed by atoms with E-state index < -0.39 is 0 Å². The quantitative estimate of drug-likeness (QED) is 0.648. The van der Waals surface area contributed by atoms with Crippen LogP contribution in [0.15, 0.2) is 12.2 Å². The van der Waals surface area contributed by atoms with Crippen LogP contribution in [0.4, 0.5) is 0 Å². The van der Waals surface area contributed by atoms with Crippen molar-refractivity contribution in [1.82, 2.24) is 4.90 Å². The fraction of sp³-hybridized carbons (Fsp3) is 0.846. The normalized spacial score (nSPS) is 32.3. The van der Waals surface area contributed by atoms with Gasteiger partial charge in [0.15, 0.2) is 0 Å². The summed E-state index contributed by atoms with van der Waals surface area (Å²) in [7, 11) is 0. The van der Waals surface area contributed by atoms with Gasteiger partial charge in [-0.1, -0.05) is 12.2 Å². The smallest absolute Gasteiger partial charge is 0.0660 e. The molecule has 0 aromatic heterocycles. The van der Waals surface area contributed by atoms with Gasteiger partial charge in [0.25, 0.3) is 0 Å². The number of ether oxygens (including phenoxy) is 1. The topological polar surface area (TPSA) is 12.5 Å². The van der Waals surface area contributed by atoms with Gasteiger partial charge < -0.3 is 4.74 Å². The van der Waals surface area contributed by atoms with Crippen LogP contribution in [0.2, 0.25) is 0 Å². The molecular formula is C13H23NO. The van der Waals surface area contributed by atoms with E-state index in [-0.39, 0.29) is 5.60 Å². The summed E-state index contributed by atoms with van der Waals surface area (Å²) in [5, 5.41) is 0. The Morgan fingerprint density at radius 3 is 2.87 bits per heavy atom. The number of fused-ring (bicyclic) bond motifs is 1. The van der Waals surface area contributed by atoms with E-state index in [0.717, 1.165) is 19.6 Å². The van der Waals surface area contributed by atoms with Crippen molar-refractivity contribution in [1.29, 1.82) is 0 Å². The van der Waals surface area contributed by atoms with Crippen molar-refractivity contribution < 1.29 is 4.74 Å². The maximum absolute atomic E-state index is 5.98. The molecule has 1 unspecified atom stereocenters. The summed E-state index contributed by atoms with van der Waals surface area (Å²) < 4.78 is 5.98. The van der Waals surface area contributed by atoms with Crippen LogP contribution in [-0.2, 0) is 4.74 Å². The first-order chi connectivity index (χ1) is 6.91. The van der Waals surface area contributed by atoms with Gasteiger partial charge in [-0.25, -0.2) is 0 Å². The van der Waals surface area contributed by atoms with E-state index in [4.69, 9.17) is 4.74 Å². The maximum Gasteiger partial charge on any atom is 0.0660 e. The molecule has 0 spiro atoms. The molecule has 0 aromatic carbocycles. The minimum Gasteiger partial charge on any atom is -0.374 e. The summed E-state index contributed by atoms with van der Waals surface area (Å²) >= 11 is 0. The summed E-state index contributed by atoms with van der Waals surface area (Å²) in [5.41, 5.74) is 1.66. The third kappa shape index (κ3) is 2.26. The third-order valence-corrected chi connectivity index (χ3v) is 3.51. The van der Waals surface area contributed by atoms with Crippen molar-refractivity contribution >= 4 is 0 Å². The second kappa shape index (κ2) is 3.60. The van der Waals surface area contributed by atoms with Gasteiger partial charge in [-0.2, -0.15) is 0 Å². The second-order valence-corrected chi connectivity index (χ2v) is 6.08. The highest BCUT2D eigenvalue weighted by Gasteiger charge is 2.46. The van der Waals surface area contributed by atoms with E-state index in [2.05, 4.69) is 32.3 Å². The Morgan fingerprint density at radius 1 is 1.47 bits per heavy atom. The van der Waals surface area contributed by atoms with E-state index in [0.29, 0.717) is 5.54 Å². The molecule has 86 valence electrons. The summed E-state index contributed by atoms with van der Waals surface area (Å²) in [6.07, 6.45) is 3.74. The van der Waals surface area contributed by atoms with Gasteiger partial charge >= 0.3 is 0 Å². The molecule has 0 radical (unpaired) electrons. The molecule has 2 fully saturated rings. The third-order valence-electron chi connectivity index (χ3n) is 3.51. The molecule has 0 aromatic rings. The molecule has 2 rings (SSSR count). The fourth-order valence-corrected chi connectivity index (χ4v) is 2.80. The van der Waals surface area contributed by atoms with Crippen molar-refractivity contribution in [3.05, 3.63) is 12.2 Å². The Bertz CT molecular complexity index is 266. The van der Waals surface area contributed by atoms with Crippen molar-refractivity contribution in [2.75, 3.05) is 19.7 Å². The lowest BCUT2D eigenvalue weighted by Crippen LogP contribution is -2.44. The minimum absolute atomic E-state index is 0.0209. The van der Waals surface area contributed by atoms with Crippen LogP contribution in [-0.4, -0.2) is 35.7 Å².